The molecule has 0 aromatic carbocycles. The Hall–Kier alpha value is -1.69. The summed E-state index contributed by atoms with van der Waals surface area (Å²) in [6.07, 6.45) is 1.34. The molecule has 1 aromatic rings. The molecule has 6 nitrogen and oxygen atoms in total. The molecule has 70 valence electrons. The minimum absolute atomic E-state index is 0.0549. The van der Waals surface area contributed by atoms with Crippen molar-refractivity contribution in [3.8, 4) is 0 Å². The van der Waals surface area contributed by atoms with Crippen molar-refractivity contribution in [3.63, 3.8) is 0 Å². The lowest BCUT2D eigenvalue weighted by Gasteiger charge is -2.01. The van der Waals surface area contributed by atoms with Gasteiger partial charge in [0.15, 0.2) is 5.69 Å². The van der Waals surface area contributed by atoms with Crippen LogP contribution in [0.2, 0.25) is 0 Å². The Morgan fingerprint density at radius 2 is 2.38 bits per heavy atom. The first-order valence-electron chi connectivity index (χ1n) is 3.65. The van der Waals surface area contributed by atoms with Crippen LogP contribution in [-0.2, 0) is 0 Å². The van der Waals surface area contributed by atoms with Crippen LogP contribution in [-0.4, -0.2) is 39.3 Å². The van der Waals surface area contributed by atoms with Crippen molar-refractivity contribution >= 4 is 11.9 Å². The van der Waals surface area contributed by atoms with Crippen LogP contribution in [0, 0.1) is 0 Å². The zero-order chi connectivity index (χ0) is 9.68. The second-order valence-electron chi connectivity index (χ2n) is 2.22. The lowest BCUT2D eigenvalue weighted by Crippen LogP contribution is -2.10. The van der Waals surface area contributed by atoms with Crippen LogP contribution in [0.3, 0.4) is 0 Å². The van der Waals surface area contributed by atoms with E-state index < -0.39 is 5.97 Å². The first-order chi connectivity index (χ1) is 6.24. The summed E-state index contributed by atoms with van der Waals surface area (Å²) < 4.78 is 0. The molecule has 1 aromatic heterocycles. The molecule has 1 heterocycles. The molecule has 0 bridgehead atoms. The van der Waals surface area contributed by atoms with Gasteiger partial charge in [0.25, 0.3) is 0 Å². The highest BCUT2D eigenvalue weighted by Gasteiger charge is 2.04. The quantitative estimate of drug-likeness (QED) is 0.586. The first kappa shape index (κ1) is 9.40. The predicted octanol–water partition coefficient (Wildman–Crippen LogP) is -0.421. The number of aliphatic hydroxyl groups excluding tert-OH is 1. The van der Waals surface area contributed by atoms with Gasteiger partial charge in [0.05, 0.1) is 6.61 Å². The predicted molar refractivity (Wildman–Crippen MR) is 44.6 cm³/mol. The van der Waals surface area contributed by atoms with E-state index in [2.05, 4.69) is 15.3 Å². The third-order valence-electron chi connectivity index (χ3n) is 1.27. The molecule has 0 fully saturated rings. The van der Waals surface area contributed by atoms with Crippen molar-refractivity contribution in [2.75, 3.05) is 18.5 Å². The van der Waals surface area contributed by atoms with Gasteiger partial charge in [-0.2, -0.15) is 0 Å². The number of nitrogens with one attached hydrogen (secondary N) is 1. The van der Waals surface area contributed by atoms with E-state index >= 15 is 0 Å². The average Bonchev–Trinajstić information content (AvgIpc) is 2.15. The molecular weight excluding hydrogens is 174 g/mol. The zero-order valence-electron chi connectivity index (χ0n) is 6.77. The molecule has 0 aliphatic carbocycles. The summed E-state index contributed by atoms with van der Waals surface area (Å²) in [6.45, 7) is 0.240. The van der Waals surface area contributed by atoms with E-state index in [4.69, 9.17) is 10.2 Å². The van der Waals surface area contributed by atoms with Crippen molar-refractivity contribution in [1.29, 1.82) is 0 Å². The third kappa shape index (κ3) is 2.68. The summed E-state index contributed by atoms with van der Waals surface area (Å²) in [7, 11) is 0. The molecule has 0 spiro atoms. The number of carboxylic acid groups (broad SMARTS) is 1. The van der Waals surface area contributed by atoms with Crippen molar-refractivity contribution in [2.45, 2.75) is 0 Å². The van der Waals surface area contributed by atoms with Crippen LogP contribution in [0.5, 0.6) is 0 Å². The Kier molecular flexibility index (Phi) is 3.15. The van der Waals surface area contributed by atoms with Crippen molar-refractivity contribution in [2.24, 2.45) is 0 Å². The van der Waals surface area contributed by atoms with Gasteiger partial charge in [0.2, 0.25) is 5.95 Å². The van der Waals surface area contributed by atoms with Gasteiger partial charge < -0.3 is 15.5 Å². The van der Waals surface area contributed by atoms with E-state index in [9.17, 15) is 4.79 Å². The van der Waals surface area contributed by atoms with E-state index in [0.29, 0.717) is 6.54 Å². The van der Waals surface area contributed by atoms with Gasteiger partial charge in [-0.05, 0) is 6.07 Å². The molecule has 0 radical (unpaired) electrons. The molecule has 0 aliphatic heterocycles. The van der Waals surface area contributed by atoms with Gasteiger partial charge in [0.1, 0.15) is 0 Å². The van der Waals surface area contributed by atoms with E-state index in [-0.39, 0.29) is 18.2 Å². The van der Waals surface area contributed by atoms with Crippen LogP contribution in [0.1, 0.15) is 10.5 Å². The van der Waals surface area contributed by atoms with Crippen LogP contribution in [0.25, 0.3) is 0 Å². The minimum atomic E-state index is -1.10. The summed E-state index contributed by atoms with van der Waals surface area (Å²) in [5.41, 5.74) is -0.0737. The SMILES string of the molecule is O=C(O)c1ccnc(NCCO)n1. The standard InChI is InChI=1S/C7H9N3O3/c11-4-3-9-7-8-2-1-5(10-7)6(12)13/h1-2,11H,3-4H2,(H,12,13)(H,8,9,10). The Balaban J connectivity index is 2.73. The fourth-order valence-electron chi connectivity index (χ4n) is 0.731. The molecule has 0 saturated heterocycles. The maximum atomic E-state index is 10.5. The molecule has 0 amide bonds. The lowest BCUT2D eigenvalue weighted by atomic mass is 10.4. The largest absolute Gasteiger partial charge is 0.477 e. The normalized spacial score (nSPS) is 9.62. The molecular formula is C7H9N3O3. The molecule has 0 saturated carbocycles. The van der Waals surface area contributed by atoms with Crippen LogP contribution >= 0.6 is 0 Å². The average molecular weight is 183 g/mol. The highest BCUT2D eigenvalue weighted by atomic mass is 16.4. The fraction of sp³-hybridized carbons (Fsp3) is 0.286. The number of hydrogen-bond donors (Lipinski definition) is 3. The monoisotopic (exact) mass is 183 g/mol. The van der Waals surface area contributed by atoms with E-state index in [1.54, 1.807) is 0 Å². The third-order valence-corrected chi connectivity index (χ3v) is 1.27. The van der Waals surface area contributed by atoms with E-state index in [0.717, 1.165) is 0 Å². The summed E-state index contributed by atoms with van der Waals surface area (Å²) in [5, 5.41) is 19.7. The van der Waals surface area contributed by atoms with Crippen molar-refractivity contribution in [1.82, 2.24) is 9.97 Å². The maximum absolute atomic E-state index is 10.5. The van der Waals surface area contributed by atoms with Gasteiger partial charge in [-0.15, -0.1) is 0 Å². The second kappa shape index (κ2) is 4.36. The topological polar surface area (TPSA) is 95.3 Å². The molecule has 13 heavy (non-hydrogen) atoms. The number of hydrogen-bond acceptors (Lipinski definition) is 5. The number of carboxylic acids is 1. The molecule has 0 atom stereocenters. The summed E-state index contributed by atoms with van der Waals surface area (Å²) in [5.74, 6) is -0.900. The van der Waals surface area contributed by atoms with Gasteiger partial charge in [-0.25, -0.2) is 14.8 Å². The maximum Gasteiger partial charge on any atom is 0.354 e. The van der Waals surface area contributed by atoms with Gasteiger partial charge in [0, 0.05) is 12.7 Å². The molecule has 6 heteroatoms. The van der Waals surface area contributed by atoms with Crippen LogP contribution < -0.4 is 5.32 Å². The molecule has 3 N–H and O–H groups in total. The van der Waals surface area contributed by atoms with Crippen LogP contribution in [0.4, 0.5) is 5.95 Å². The van der Waals surface area contributed by atoms with Gasteiger partial charge in [-0.3, -0.25) is 0 Å². The molecule has 0 aliphatic rings. The van der Waals surface area contributed by atoms with Gasteiger partial charge in [-0.1, -0.05) is 0 Å². The lowest BCUT2D eigenvalue weighted by molar-refractivity contribution is 0.0690. The Labute approximate surface area is 74.3 Å². The number of aliphatic hydroxyl groups is 1. The van der Waals surface area contributed by atoms with E-state index in [1.807, 2.05) is 0 Å². The number of anilines is 1. The smallest absolute Gasteiger partial charge is 0.354 e. The first-order valence-corrected chi connectivity index (χ1v) is 3.65. The van der Waals surface area contributed by atoms with Gasteiger partial charge >= 0.3 is 5.97 Å². The number of carbonyl (C=O) groups is 1. The number of nitrogens with zero attached hydrogens (tertiary/aromatic N) is 2. The fourth-order valence-corrected chi connectivity index (χ4v) is 0.731. The minimum Gasteiger partial charge on any atom is -0.477 e. The van der Waals surface area contributed by atoms with E-state index in [1.165, 1.54) is 12.3 Å². The summed E-state index contributed by atoms with van der Waals surface area (Å²) >= 11 is 0. The highest BCUT2D eigenvalue weighted by molar-refractivity contribution is 5.85. The van der Waals surface area contributed by atoms with Crippen molar-refractivity contribution < 1.29 is 15.0 Å². The number of aromatic nitrogens is 2. The molecule has 0 unspecified atom stereocenters. The highest BCUT2D eigenvalue weighted by Crippen LogP contribution is 1.99. The zero-order valence-corrected chi connectivity index (χ0v) is 6.77. The Bertz CT molecular complexity index is 303. The number of aromatic carboxylic acids is 1. The Morgan fingerprint density at radius 3 is 3.00 bits per heavy atom. The van der Waals surface area contributed by atoms with Crippen LogP contribution in [0.15, 0.2) is 12.3 Å². The number of rotatable bonds is 4. The summed E-state index contributed by atoms with van der Waals surface area (Å²) in [4.78, 5) is 17.9. The summed E-state index contributed by atoms with van der Waals surface area (Å²) in [6, 6.07) is 1.30. The molecule has 1 rings (SSSR count). The van der Waals surface area contributed by atoms with Crippen molar-refractivity contribution in [3.05, 3.63) is 18.0 Å². The second-order valence-corrected chi connectivity index (χ2v) is 2.22. The Morgan fingerprint density at radius 1 is 1.62 bits per heavy atom.